The monoisotopic (exact) mass is 262 g/mol. The molecular formula is C7H11BrN4S. The molecule has 6 heteroatoms. The number of hydrogen-bond donors (Lipinski definition) is 3. The molecule has 0 saturated heterocycles. The number of thiophene rings is 1. The summed E-state index contributed by atoms with van der Waals surface area (Å²) in [4.78, 5) is 5.12. The normalized spacial score (nSPS) is 11.5. The predicted octanol–water partition coefficient (Wildman–Crippen LogP) is 1.05. The third kappa shape index (κ3) is 3.33. The molecule has 0 aliphatic rings. The number of guanidine groups is 1. The minimum atomic E-state index is 0.588. The van der Waals surface area contributed by atoms with E-state index in [9.17, 15) is 0 Å². The van der Waals surface area contributed by atoms with Gasteiger partial charge < -0.3 is 5.32 Å². The Kier molecular flexibility index (Phi) is 4.20. The average Bonchev–Trinajstić information content (AvgIpc) is 2.53. The number of nitrogens with zero attached hydrogens (tertiary/aromatic N) is 1. The van der Waals surface area contributed by atoms with E-state index in [0.29, 0.717) is 5.96 Å². The Hall–Kier alpha value is -0.590. The molecule has 1 aromatic heterocycles. The minimum Gasteiger partial charge on any atom is -0.350 e. The van der Waals surface area contributed by atoms with Crippen molar-refractivity contribution < 1.29 is 0 Å². The minimum absolute atomic E-state index is 0.588. The van der Waals surface area contributed by atoms with Gasteiger partial charge >= 0.3 is 0 Å². The first kappa shape index (κ1) is 10.5. The summed E-state index contributed by atoms with van der Waals surface area (Å²) in [7, 11) is 1.67. The zero-order chi connectivity index (χ0) is 9.68. The molecule has 0 saturated carbocycles. The third-order valence-corrected chi connectivity index (χ3v) is 3.11. The fourth-order valence-corrected chi connectivity index (χ4v) is 2.20. The van der Waals surface area contributed by atoms with E-state index >= 15 is 0 Å². The quantitative estimate of drug-likeness (QED) is 0.323. The Balaban J connectivity index is 2.43. The van der Waals surface area contributed by atoms with Crippen LogP contribution in [0.5, 0.6) is 0 Å². The molecule has 0 fully saturated rings. The van der Waals surface area contributed by atoms with Gasteiger partial charge in [0.05, 0.1) is 6.54 Å². The van der Waals surface area contributed by atoms with Crippen LogP contribution >= 0.6 is 27.3 Å². The first-order chi connectivity index (χ1) is 6.26. The van der Waals surface area contributed by atoms with E-state index in [1.54, 1.807) is 18.4 Å². The van der Waals surface area contributed by atoms with Crippen LogP contribution in [0.4, 0.5) is 0 Å². The van der Waals surface area contributed by atoms with E-state index in [-0.39, 0.29) is 0 Å². The molecule has 0 atom stereocenters. The van der Waals surface area contributed by atoms with Gasteiger partial charge in [-0.3, -0.25) is 10.4 Å². The second kappa shape index (κ2) is 5.21. The molecule has 0 radical (unpaired) electrons. The fraction of sp³-hybridized carbons (Fsp3) is 0.286. The zero-order valence-electron chi connectivity index (χ0n) is 7.17. The molecule has 0 bridgehead atoms. The molecule has 0 unspecified atom stereocenters. The molecule has 72 valence electrons. The van der Waals surface area contributed by atoms with Crippen molar-refractivity contribution in [2.75, 3.05) is 7.05 Å². The van der Waals surface area contributed by atoms with E-state index in [4.69, 9.17) is 5.84 Å². The van der Waals surface area contributed by atoms with Gasteiger partial charge in [-0.05, 0) is 22.0 Å². The van der Waals surface area contributed by atoms with E-state index in [1.807, 2.05) is 5.38 Å². The molecule has 0 aromatic carbocycles. The van der Waals surface area contributed by atoms with Crippen molar-refractivity contribution in [1.82, 2.24) is 10.7 Å². The second-order valence-corrected chi connectivity index (χ2v) is 4.21. The number of rotatable bonds is 2. The summed E-state index contributed by atoms with van der Waals surface area (Å²) in [6.07, 6.45) is 0. The van der Waals surface area contributed by atoms with Gasteiger partial charge in [-0.1, -0.05) is 0 Å². The molecule has 0 aliphatic heterocycles. The largest absolute Gasteiger partial charge is 0.350 e. The van der Waals surface area contributed by atoms with Gasteiger partial charge in [-0.15, -0.1) is 11.3 Å². The molecular weight excluding hydrogens is 252 g/mol. The van der Waals surface area contributed by atoms with Crippen molar-refractivity contribution in [3.8, 4) is 0 Å². The summed E-state index contributed by atoms with van der Waals surface area (Å²) in [5, 5.41) is 5.09. The number of halogens is 1. The summed E-state index contributed by atoms with van der Waals surface area (Å²) < 4.78 is 1.10. The lowest BCUT2D eigenvalue weighted by Gasteiger charge is -2.05. The summed E-state index contributed by atoms with van der Waals surface area (Å²) >= 11 is 5.06. The molecule has 4 N–H and O–H groups in total. The van der Waals surface area contributed by atoms with Gasteiger partial charge in [0.2, 0.25) is 5.96 Å². The highest BCUT2D eigenvalue weighted by Crippen LogP contribution is 2.19. The first-order valence-electron chi connectivity index (χ1n) is 3.66. The van der Waals surface area contributed by atoms with Crippen LogP contribution in [-0.4, -0.2) is 13.0 Å². The molecule has 1 rings (SSSR count). The molecule has 1 aromatic rings. The van der Waals surface area contributed by atoms with Crippen LogP contribution in [0.2, 0.25) is 0 Å². The van der Waals surface area contributed by atoms with Crippen LogP contribution in [0, 0.1) is 0 Å². The molecule has 0 aliphatic carbocycles. The maximum Gasteiger partial charge on any atom is 0.205 e. The van der Waals surface area contributed by atoms with Crippen LogP contribution in [0.25, 0.3) is 0 Å². The Labute approximate surface area is 89.3 Å². The van der Waals surface area contributed by atoms with Crippen molar-refractivity contribution >= 4 is 33.2 Å². The zero-order valence-corrected chi connectivity index (χ0v) is 9.58. The molecule has 1 heterocycles. The van der Waals surface area contributed by atoms with E-state index in [0.717, 1.165) is 11.0 Å². The Bertz CT molecular complexity index is 296. The SMILES string of the molecule is CN=C(NN)NCc1cc(Br)cs1. The first-order valence-corrected chi connectivity index (χ1v) is 5.33. The van der Waals surface area contributed by atoms with E-state index < -0.39 is 0 Å². The topological polar surface area (TPSA) is 62.4 Å². The highest BCUT2D eigenvalue weighted by atomic mass is 79.9. The van der Waals surface area contributed by atoms with Crippen molar-refractivity contribution in [2.24, 2.45) is 10.8 Å². The number of hydrogen-bond acceptors (Lipinski definition) is 3. The van der Waals surface area contributed by atoms with Gasteiger partial charge in [-0.2, -0.15) is 0 Å². The number of nitrogens with one attached hydrogen (secondary N) is 2. The Morgan fingerprint density at radius 3 is 3.00 bits per heavy atom. The highest BCUT2D eigenvalue weighted by molar-refractivity contribution is 9.10. The Morgan fingerprint density at radius 2 is 2.54 bits per heavy atom. The predicted molar refractivity (Wildman–Crippen MR) is 59.5 cm³/mol. The van der Waals surface area contributed by atoms with Crippen molar-refractivity contribution in [2.45, 2.75) is 6.54 Å². The number of nitrogens with two attached hydrogens (primary N) is 1. The van der Waals surface area contributed by atoms with Gasteiger partial charge in [0, 0.05) is 21.8 Å². The molecule has 0 amide bonds. The van der Waals surface area contributed by atoms with Crippen LogP contribution in [0.15, 0.2) is 20.9 Å². The summed E-state index contributed by atoms with van der Waals surface area (Å²) in [6.45, 7) is 0.729. The fourth-order valence-electron chi connectivity index (χ4n) is 0.812. The van der Waals surface area contributed by atoms with Crippen molar-refractivity contribution in [1.29, 1.82) is 0 Å². The van der Waals surface area contributed by atoms with Gasteiger partial charge in [-0.25, -0.2) is 5.84 Å². The lowest BCUT2D eigenvalue weighted by Crippen LogP contribution is -2.40. The van der Waals surface area contributed by atoms with Gasteiger partial charge in [0.25, 0.3) is 0 Å². The van der Waals surface area contributed by atoms with E-state index in [2.05, 4.69) is 37.7 Å². The van der Waals surface area contributed by atoms with Gasteiger partial charge in [0.1, 0.15) is 0 Å². The third-order valence-electron chi connectivity index (χ3n) is 1.41. The maximum atomic E-state index is 5.20. The van der Waals surface area contributed by atoms with Crippen LogP contribution in [-0.2, 0) is 6.54 Å². The molecule has 0 spiro atoms. The average molecular weight is 263 g/mol. The standard InChI is InChI=1S/C7H11BrN4S/c1-10-7(12-9)11-3-6-2-5(8)4-13-6/h2,4H,3,9H2,1H3,(H2,10,11,12). The second-order valence-electron chi connectivity index (χ2n) is 2.30. The van der Waals surface area contributed by atoms with E-state index in [1.165, 1.54) is 4.88 Å². The van der Waals surface area contributed by atoms with Crippen LogP contribution in [0.3, 0.4) is 0 Å². The number of hydrazine groups is 1. The van der Waals surface area contributed by atoms with Crippen molar-refractivity contribution in [3.05, 3.63) is 20.8 Å². The lowest BCUT2D eigenvalue weighted by molar-refractivity contribution is 0.850. The lowest BCUT2D eigenvalue weighted by atomic mass is 10.5. The molecule has 13 heavy (non-hydrogen) atoms. The summed E-state index contributed by atoms with van der Waals surface area (Å²) in [5.74, 6) is 5.79. The maximum absolute atomic E-state index is 5.20. The smallest absolute Gasteiger partial charge is 0.205 e. The highest BCUT2D eigenvalue weighted by Gasteiger charge is 1.98. The number of aliphatic imine (C=N–C) groups is 1. The van der Waals surface area contributed by atoms with Crippen LogP contribution < -0.4 is 16.6 Å². The van der Waals surface area contributed by atoms with Crippen molar-refractivity contribution in [3.63, 3.8) is 0 Å². The summed E-state index contributed by atoms with van der Waals surface area (Å²) in [6, 6.07) is 2.06. The molecule has 4 nitrogen and oxygen atoms in total. The Morgan fingerprint density at radius 1 is 1.77 bits per heavy atom. The van der Waals surface area contributed by atoms with Crippen LogP contribution in [0.1, 0.15) is 4.88 Å². The summed E-state index contributed by atoms with van der Waals surface area (Å²) in [5.41, 5.74) is 2.46. The van der Waals surface area contributed by atoms with Gasteiger partial charge in [0.15, 0.2) is 0 Å².